The highest BCUT2D eigenvalue weighted by Gasteiger charge is 2.23. The van der Waals surface area contributed by atoms with Gasteiger partial charge in [0.25, 0.3) is 5.91 Å². The molecule has 0 aliphatic carbocycles. The summed E-state index contributed by atoms with van der Waals surface area (Å²) in [6.45, 7) is 3.20. The van der Waals surface area contributed by atoms with Crippen LogP contribution < -0.4 is 5.32 Å². The first kappa shape index (κ1) is 16.0. The number of furan rings is 1. The number of hydrogen-bond acceptors (Lipinski definition) is 6. The molecular formula is C16H19N3O3S. The monoisotopic (exact) mass is 333 g/mol. The summed E-state index contributed by atoms with van der Waals surface area (Å²) in [4.78, 5) is 21.6. The third-order valence-electron chi connectivity index (χ3n) is 3.78. The SMILES string of the molecule is CSc1nc(-c2ccco2)nc(C)c1C(=O)NC1CCOCC1. The molecule has 0 bridgehead atoms. The molecule has 2 aromatic rings. The molecule has 1 fully saturated rings. The van der Waals surface area contributed by atoms with Gasteiger partial charge >= 0.3 is 0 Å². The van der Waals surface area contributed by atoms with Crippen molar-refractivity contribution in [2.45, 2.75) is 30.8 Å². The van der Waals surface area contributed by atoms with Gasteiger partial charge in [-0.2, -0.15) is 0 Å². The van der Waals surface area contributed by atoms with Crippen LogP contribution in [0.15, 0.2) is 27.8 Å². The van der Waals surface area contributed by atoms with Crippen LogP contribution in [0, 0.1) is 6.92 Å². The van der Waals surface area contributed by atoms with Crippen LogP contribution in [0.3, 0.4) is 0 Å². The van der Waals surface area contributed by atoms with Crippen molar-refractivity contribution in [3.05, 3.63) is 29.7 Å². The van der Waals surface area contributed by atoms with Crippen molar-refractivity contribution in [3.8, 4) is 11.6 Å². The number of ether oxygens (including phenoxy) is 1. The van der Waals surface area contributed by atoms with E-state index in [4.69, 9.17) is 9.15 Å². The van der Waals surface area contributed by atoms with Crippen molar-refractivity contribution >= 4 is 17.7 Å². The van der Waals surface area contributed by atoms with Crippen LogP contribution in [0.1, 0.15) is 28.9 Å². The molecule has 1 N–H and O–H groups in total. The van der Waals surface area contributed by atoms with Gasteiger partial charge in [-0.3, -0.25) is 4.79 Å². The van der Waals surface area contributed by atoms with Gasteiger partial charge in [-0.25, -0.2) is 9.97 Å². The Morgan fingerprint density at radius 2 is 2.13 bits per heavy atom. The Morgan fingerprint density at radius 3 is 2.78 bits per heavy atom. The van der Waals surface area contributed by atoms with Crippen molar-refractivity contribution in [1.29, 1.82) is 0 Å². The van der Waals surface area contributed by atoms with Crippen molar-refractivity contribution in [2.75, 3.05) is 19.5 Å². The Bertz CT molecular complexity index is 682. The van der Waals surface area contributed by atoms with Crippen molar-refractivity contribution < 1.29 is 13.9 Å². The summed E-state index contributed by atoms with van der Waals surface area (Å²) in [5, 5.41) is 3.73. The predicted molar refractivity (Wildman–Crippen MR) is 87.6 cm³/mol. The van der Waals surface area contributed by atoms with Gasteiger partial charge in [0.15, 0.2) is 11.6 Å². The third-order valence-corrected chi connectivity index (χ3v) is 4.46. The first-order valence-electron chi connectivity index (χ1n) is 7.54. The lowest BCUT2D eigenvalue weighted by Crippen LogP contribution is -2.39. The molecule has 1 saturated heterocycles. The summed E-state index contributed by atoms with van der Waals surface area (Å²) in [5.74, 6) is 0.976. The number of hydrogen-bond donors (Lipinski definition) is 1. The molecule has 0 radical (unpaired) electrons. The van der Waals surface area contributed by atoms with Gasteiger partial charge in [0.05, 0.1) is 17.5 Å². The highest BCUT2D eigenvalue weighted by atomic mass is 32.2. The Hall–Kier alpha value is -1.86. The summed E-state index contributed by atoms with van der Waals surface area (Å²) in [5.41, 5.74) is 1.19. The Morgan fingerprint density at radius 1 is 1.35 bits per heavy atom. The van der Waals surface area contributed by atoms with E-state index in [1.54, 1.807) is 18.4 Å². The zero-order chi connectivity index (χ0) is 16.2. The Balaban J connectivity index is 1.87. The number of aromatic nitrogens is 2. The van der Waals surface area contributed by atoms with E-state index in [-0.39, 0.29) is 11.9 Å². The zero-order valence-electron chi connectivity index (χ0n) is 13.2. The van der Waals surface area contributed by atoms with Gasteiger partial charge in [-0.15, -0.1) is 11.8 Å². The Kier molecular flexibility index (Phi) is 4.97. The van der Waals surface area contributed by atoms with Crippen molar-refractivity contribution in [2.24, 2.45) is 0 Å². The average molecular weight is 333 g/mol. The van der Waals surface area contributed by atoms with E-state index in [2.05, 4.69) is 15.3 Å². The maximum absolute atomic E-state index is 12.6. The normalized spacial score (nSPS) is 15.6. The second-order valence-corrected chi connectivity index (χ2v) is 6.15. The lowest BCUT2D eigenvalue weighted by molar-refractivity contribution is 0.0694. The van der Waals surface area contributed by atoms with Gasteiger partial charge in [0.2, 0.25) is 0 Å². The molecular weight excluding hydrogens is 314 g/mol. The van der Waals surface area contributed by atoms with E-state index in [0.717, 1.165) is 12.8 Å². The second kappa shape index (κ2) is 7.14. The maximum Gasteiger partial charge on any atom is 0.256 e. The minimum atomic E-state index is -0.121. The largest absolute Gasteiger partial charge is 0.461 e. The van der Waals surface area contributed by atoms with Crippen LogP contribution in [-0.2, 0) is 4.74 Å². The highest BCUT2D eigenvalue weighted by molar-refractivity contribution is 7.98. The zero-order valence-corrected chi connectivity index (χ0v) is 14.0. The first-order chi connectivity index (χ1) is 11.2. The fourth-order valence-corrected chi connectivity index (χ4v) is 3.19. The molecule has 2 aromatic heterocycles. The molecule has 6 nitrogen and oxygen atoms in total. The molecule has 1 aliphatic heterocycles. The number of carbonyl (C=O) groups excluding carboxylic acids is 1. The van der Waals surface area contributed by atoms with Crippen LogP contribution in [0.4, 0.5) is 0 Å². The van der Waals surface area contributed by atoms with Gasteiger partial charge in [0, 0.05) is 19.3 Å². The smallest absolute Gasteiger partial charge is 0.256 e. The number of thioether (sulfide) groups is 1. The minimum Gasteiger partial charge on any atom is -0.461 e. The van der Waals surface area contributed by atoms with E-state index in [1.165, 1.54) is 11.8 Å². The summed E-state index contributed by atoms with van der Waals surface area (Å²) >= 11 is 1.43. The van der Waals surface area contributed by atoms with Crippen molar-refractivity contribution in [1.82, 2.24) is 15.3 Å². The number of aryl methyl sites for hydroxylation is 1. The topological polar surface area (TPSA) is 77.2 Å². The minimum absolute atomic E-state index is 0.121. The van der Waals surface area contributed by atoms with Crippen LogP contribution in [-0.4, -0.2) is 41.4 Å². The predicted octanol–water partition coefficient (Wildman–Crippen LogP) is 2.68. The molecule has 23 heavy (non-hydrogen) atoms. The van der Waals surface area contributed by atoms with Gasteiger partial charge in [-0.1, -0.05) is 0 Å². The van der Waals surface area contributed by atoms with Crippen molar-refractivity contribution in [3.63, 3.8) is 0 Å². The number of nitrogens with one attached hydrogen (secondary N) is 1. The molecule has 122 valence electrons. The molecule has 0 saturated carbocycles. The molecule has 0 aromatic carbocycles. The van der Waals surface area contributed by atoms with E-state index in [1.807, 2.05) is 13.2 Å². The second-order valence-electron chi connectivity index (χ2n) is 5.35. The van der Waals surface area contributed by atoms with Gasteiger partial charge in [-0.05, 0) is 38.2 Å². The van der Waals surface area contributed by atoms with Crippen LogP contribution in [0.25, 0.3) is 11.6 Å². The first-order valence-corrected chi connectivity index (χ1v) is 8.76. The maximum atomic E-state index is 12.6. The number of nitrogens with zero attached hydrogens (tertiary/aromatic N) is 2. The van der Waals surface area contributed by atoms with Gasteiger partial charge in [0.1, 0.15) is 5.03 Å². The highest BCUT2D eigenvalue weighted by Crippen LogP contribution is 2.25. The van der Waals surface area contributed by atoms with Crippen LogP contribution in [0.5, 0.6) is 0 Å². The van der Waals surface area contributed by atoms with Crippen LogP contribution >= 0.6 is 11.8 Å². The standard InChI is InChI=1S/C16H19N3O3S/c1-10-13(15(20)18-11-5-8-21-9-6-11)16(23-2)19-14(17-10)12-4-3-7-22-12/h3-4,7,11H,5-6,8-9H2,1-2H3,(H,18,20). The molecule has 7 heteroatoms. The molecule has 3 rings (SSSR count). The average Bonchev–Trinajstić information content (AvgIpc) is 3.09. The number of carbonyl (C=O) groups is 1. The summed E-state index contributed by atoms with van der Waals surface area (Å²) < 4.78 is 10.7. The van der Waals surface area contributed by atoms with Gasteiger partial charge < -0.3 is 14.5 Å². The Labute approximate surface area is 139 Å². The fourth-order valence-electron chi connectivity index (χ4n) is 2.57. The van der Waals surface area contributed by atoms with E-state index in [9.17, 15) is 4.79 Å². The van der Waals surface area contributed by atoms with E-state index < -0.39 is 0 Å². The summed E-state index contributed by atoms with van der Waals surface area (Å²) in [6, 6.07) is 3.74. The lowest BCUT2D eigenvalue weighted by Gasteiger charge is -2.23. The quantitative estimate of drug-likeness (QED) is 0.685. The molecule has 3 heterocycles. The van der Waals surface area contributed by atoms with Crippen LogP contribution in [0.2, 0.25) is 0 Å². The molecule has 1 amide bonds. The third kappa shape index (κ3) is 3.56. The van der Waals surface area contributed by atoms with E-state index >= 15 is 0 Å². The molecule has 0 atom stereocenters. The summed E-state index contributed by atoms with van der Waals surface area (Å²) in [6.07, 6.45) is 5.16. The van der Waals surface area contributed by atoms with E-state index in [0.29, 0.717) is 41.1 Å². The number of amides is 1. The molecule has 1 aliphatic rings. The summed E-state index contributed by atoms with van der Waals surface area (Å²) in [7, 11) is 0. The molecule has 0 spiro atoms. The fraction of sp³-hybridized carbons (Fsp3) is 0.438. The lowest BCUT2D eigenvalue weighted by atomic mass is 10.1. The number of rotatable bonds is 4. The molecule has 0 unspecified atom stereocenters.